The Kier molecular flexibility index (Phi) is 4.44. The van der Waals surface area contributed by atoms with Crippen molar-refractivity contribution in [3.63, 3.8) is 0 Å². The van der Waals surface area contributed by atoms with Gasteiger partial charge in [0.05, 0.1) is 10.7 Å². The molecule has 2 aromatic rings. The van der Waals surface area contributed by atoms with Gasteiger partial charge in [0.25, 0.3) is 0 Å². The van der Waals surface area contributed by atoms with Crippen LogP contribution in [0.1, 0.15) is 29.8 Å². The predicted octanol–water partition coefficient (Wildman–Crippen LogP) is 3.18. The third kappa shape index (κ3) is 3.08. The second-order valence-electron chi connectivity index (χ2n) is 6.13. The van der Waals surface area contributed by atoms with E-state index in [0.29, 0.717) is 0 Å². The van der Waals surface area contributed by atoms with E-state index < -0.39 is 15.8 Å². The molecule has 1 saturated carbocycles. The molecule has 1 fully saturated rings. The minimum atomic E-state index is -3.81. The van der Waals surface area contributed by atoms with Gasteiger partial charge in [0, 0.05) is 30.9 Å². The zero-order chi connectivity index (χ0) is 17.6. The van der Waals surface area contributed by atoms with Crippen LogP contribution in [0.5, 0.6) is 0 Å². The number of benzene rings is 1. The Morgan fingerprint density at radius 2 is 2.04 bits per heavy atom. The van der Waals surface area contributed by atoms with Gasteiger partial charge in [0.1, 0.15) is 10.7 Å². The van der Waals surface area contributed by atoms with E-state index in [2.05, 4.69) is 5.10 Å². The van der Waals surface area contributed by atoms with Crippen LogP contribution in [0.4, 0.5) is 4.39 Å². The van der Waals surface area contributed by atoms with Gasteiger partial charge < -0.3 is 0 Å². The first kappa shape index (κ1) is 17.4. The van der Waals surface area contributed by atoms with Gasteiger partial charge in [-0.2, -0.15) is 9.40 Å². The fraction of sp³-hybridized carbons (Fsp3) is 0.438. The average Bonchev–Trinajstić information content (AvgIpc) is 3.27. The number of hydrogen-bond acceptors (Lipinski definition) is 3. The molecule has 0 amide bonds. The molecule has 130 valence electrons. The number of rotatable bonds is 5. The van der Waals surface area contributed by atoms with Gasteiger partial charge in [-0.05, 0) is 44.9 Å². The van der Waals surface area contributed by atoms with Crippen molar-refractivity contribution in [2.75, 3.05) is 0 Å². The Hall–Kier alpha value is -1.44. The molecular weight excluding hydrogens is 353 g/mol. The van der Waals surface area contributed by atoms with Crippen LogP contribution in [0.3, 0.4) is 0 Å². The summed E-state index contributed by atoms with van der Waals surface area (Å²) in [6.45, 7) is 4.02. The van der Waals surface area contributed by atoms with Crippen molar-refractivity contribution in [3.8, 4) is 0 Å². The van der Waals surface area contributed by atoms with E-state index in [4.69, 9.17) is 11.6 Å². The summed E-state index contributed by atoms with van der Waals surface area (Å²) >= 11 is 5.99. The third-order valence-corrected chi connectivity index (χ3v) is 6.79. The van der Waals surface area contributed by atoms with Gasteiger partial charge in [-0.15, -0.1) is 0 Å². The van der Waals surface area contributed by atoms with Crippen LogP contribution < -0.4 is 0 Å². The number of aromatic nitrogens is 2. The molecule has 0 bridgehead atoms. The van der Waals surface area contributed by atoms with Gasteiger partial charge in [0.15, 0.2) is 0 Å². The normalized spacial score (nSPS) is 15.2. The molecule has 1 heterocycles. The van der Waals surface area contributed by atoms with Crippen LogP contribution >= 0.6 is 11.6 Å². The Labute approximate surface area is 146 Å². The van der Waals surface area contributed by atoms with E-state index in [-0.39, 0.29) is 22.5 Å². The monoisotopic (exact) mass is 371 g/mol. The highest BCUT2D eigenvalue weighted by Gasteiger charge is 2.39. The van der Waals surface area contributed by atoms with E-state index in [0.717, 1.165) is 41.9 Å². The molecule has 5 nitrogen and oxygen atoms in total. The molecule has 0 saturated heterocycles. The molecular formula is C16H19ClFN3O2S. The van der Waals surface area contributed by atoms with Gasteiger partial charge in [0.2, 0.25) is 10.0 Å². The van der Waals surface area contributed by atoms with Gasteiger partial charge in [-0.3, -0.25) is 4.68 Å². The van der Waals surface area contributed by atoms with Crippen LogP contribution in [0, 0.1) is 19.7 Å². The Morgan fingerprint density at radius 3 is 2.54 bits per heavy atom. The zero-order valence-electron chi connectivity index (χ0n) is 13.8. The summed E-state index contributed by atoms with van der Waals surface area (Å²) < 4.78 is 42.6. The highest BCUT2D eigenvalue weighted by Crippen LogP contribution is 2.36. The number of halogens is 2. The second kappa shape index (κ2) is 6.13. The van der Waals surface area contributed by atoms with Crippen molar-refractivity contribution in [2.45, 2.75) is 44.2 Å². The van der Waals surface area contributed by atoms with E-state index in [1.54, 1.807) is 4.68 Å². The fourth-order valence-electron chi connectivity index (χ4n) is 2.79. The quantitative estimate of drug-likeness (QED) is 0.811. The maximum absolute atomic E-state index is 13.3. The van der Waals surface area contributed by atoms with E-state index in [1.807, 2.05) is 20.9 Å². The molecule has 3 rings (SSSR count). The summed E-state index contributed by atoms with van der Waals surface area (Å²) in [7, 11) is -1.98. The maximum atomic E-state index is 13.3. The Bertz CT molecular complexity index is 891. The minimum absolute atomic E-state index is 0.0462. The summed E-state index contributed by atoms with van der Waals surface area (Å²) in [5.74, 6) is -0.559. The lowest BCUT2D eigenvalue weighted by atomic mass is 10.2. The Balaban J connectivity index is 2.01. The van der Waals surface area contributed by atoms with E-state index in [1.165, 1.54) is 10.4 Å². The first-order chi connectivity index (χ1) is 11.2. The standard InChI is InChI=1S/C16H19ClFN3O2S/c1-10-14(11(2)20(3)19-10)9-21(13-5-6-13)24(22,23)16-7-4-12(18)8-15(16)17/h4,7-8,13H,5-6,9H2,1-3H3. The molecule has 1 aromatic carbocycles. The SMILES string of the molecule is Cc1nn(C)c(C)c1CN(C1CC1)S(=O)(=O)c1ccc(F)cc1Cl. The third-order valence-electron chi connectivity index (χ3n) is 4.41. The van der Waals surface area contributed by atoms with Crippen molar-refractivity contribution >= 4 is 21.6 Å². The second-order valence-corrected chi connectivity index (χ2v) is 8.40. The molecule has 8 heteroatoms. The summed E-state index contributed by atoms with van der Waals surface area (Å²) in [5.41, 5.74) is 2.63. The molecule has 0 spiro atoms. The average molecular weight is 372 g/mol. The lowest BCUT2D eigenvalue weighted by Gasteiger charge is -2.23. The molecule has 0 N–H and O–H groups in total. The summed E-state index contributed by atoms with van der Waals surface area (Å²) in [6.07, 6.45) is 1.63. The molecule has 0 radical (unpaired) electrons. The molecule has 1 aliphatic carbocycles. The molecule has 24 heavy (non-hydrogen) atoms. The molecule has 0 unspecified atom stereocenters. The van der Waals surface area contributed by atoms with Crippen LogP contribution in [0.25, 0.3) is 0 Å². The highest BCUT2D eigenvalue weighted by atomic mass is 35.5. The smallest absolute Gasteiger partial charge is 0.245 e. The summed E-state index contributed by atoms with van der Waals surface area (Å²) in [6, 6.07) is 3.32. The van der Waals surface area contributed by atoms with E-state index in [9.17, 15) is 12.8 Å². The van der Waals surface area contributed by atoms with Crippen LogP contribution in [0.2, 0.25) is 5.02 Å². The lowest BCUT2D eigenvalue weighted by Crippen LogP contribution is -2.33. The van der Waals surface area contributed by atoms with Gasteiger partial charge in [-0.1, -0.05) is 11.6 Å². The fourth-order valence-corrected chi connectivity index (χ4v) is 4.95. The van der Waals surface area contributed by atoms with Crippen molar-refractivity contribution in [1.29, 1.82) is 0 Å². The molecule has 1 aromatic heterocycles. The first-order valence-corrected chi connectivity index (χ1v) is 9.49. The summed E-state index contributed by atoms with van der Waals surface area (Å²) in [4.78, 5) is -0.0586. The molecule has 1 aliphatic rings. The number of nitrogens with zero attached hydrogens (tertiary/aromatic N) is 3. The van der Waals surface area contributed by atoms with Gasteiger partial charge >= 0.3 is 0 Å². The maximum Gasteiger partial charge on any atom is 0.245 e. The van der Waals surface area contributed by atoms with Crippen LogP contribution in [0.15, 0.2) is 23.1 Å². The highest BCUT2D eigenvalue weighted by molar-refractivity contribution is 7.89. The van der Waals surface area contributed by atoms with Crippen LogP contribution in [-0.2, 0) is 23.6 Å². The molecule has 0 atom stereocenters. The van der Waals surface area contributed by atoms with Crippen molar-refractivity contribution < 1.29 is 12.8 Å². The number of hydrogen-bond donors (Lipinski definition) is 0. The van der Waals surface area contributed by atoms with Crippen LogP contribution in [-0.4, -0.2) is 28.5 Å². The van der Waals surface area contributed by atoms with Crippen molar-refractivity contribution in [3.05, 3.63) is 46.0 Å². The topological polar surface area (TPSA) is 55.2 Å². The summed E-state index contributed by atoms with van der Waals surface area (Å²) in [5, 5.41) is 4.25. The lowest BCUT2D eigenvalue weighted by molar-refractivity contribution is 0.397. The van der Waals surface area contributed by atoms with Crippen molar-refractivity contribution in [2.24, 2.45) is 7.05 Å². The molecule has 0 aliphatic heterocycles. The van der Waals surface area contributed by atoms with Gasteiger partial charge in [-0.25, -0.2) is 12.8 Å². The predicted molar refractivity (Wildman–Crippen MR) is 89.8 cm³/mol. The first-order valence-electron chi connectivity index (χ1n) is 7.67. The van der Waals surface area contributed by atoms with E-state index >= 15 is 0 Å². The largest absolute Gasteiger partial charge is 0.272 e. The number of sulfonamides is 1. The number of aryl methyl sites for hydroxylation is 2. The zero-order valence-corrected chi connectivity index (χ0v) is 15.3. The van der Waals surface area contributed by atoms with Crippen molar-refractivity contribution in [1.82, 2.24) is 14.1 Å². The Morgan fingerprint density at radius 1 is 1.38 bits per heavy atom. The minimum Gasteiger partial charge on any atom is -0.272 e.